The molecule has 128 valence electrons. The first-order chi connectivity index (χ1) is 11.7. The molecule has 1 aliphatic carbocycles. The van der Waals surface area contributed by atoms with E-state index in [1.54, 1.807) is 12.5 Å². The molecule has 1 aromatic carbocycles. The Morgan fingerprint density at radius 2 is 2.00 bits per heavy atom. The maximum absolute atomic E-state index is 12.8. The second-order valence-electron chi connectivity index (χ2n) is 6.40. The van der Waals surface area contributed by atoms with Gasteiger partial charge in [0.2, 0.25) is 0 Å². The molecule has 0 saturated heterocycles. The molecule has 1 heterocycles. The van der Waals surface area contributed by atoms with E-state index in [1.165, 1.54) is 0 Å². The highest BCUT2D eigenvalue weighted by atomic mass is 16.5. The lowest BCUT2D eigenvalue weighted by molar-refractivity contribution is -0.176. The maximum atomic E-state index is 12.8. The molecule has 0 spiro atoms. The minimum atomic E-state index is -1.56. The predicted molar refractivity (Wildman–Crippen MR) is 90.1 cm³/mol. The number of benzene rings is 1. The summed E-state index contributed by atoms with van der Waals surface area (Å²) in [5.41, 5.74) is -0.930. The van der Waals surface area contributed by atoms with Gasteiger partial charge in [0.25, 0.3) is 0 Å². The third-order valence-corrected chi connectivity index (χ3v) is 4.86. The lowest BCUT2D eigenvalue weighted by atomic mass is 9.73. The molecule has 1 atom stereocenters. The molecular weight excluding hydrogens is 304 g/mol. The Labute approximate surface area is 142 Å². The van der Waals surface area contributed by atoms with Crippen LogP contribution in [0, 0.1) is 5.92 Å². The third kappa shape index (κ3) is 3.51. The van der Waals surface area contributed by atoms with Crippen LogP contribution < -0.4 is 0 Å². The highest BCUT2D eigenvalue weighted by Gasteiger charge is 2.47. The van der Waals surface area contributed by atoms with Gasteiger partial charge in [0, 0.05) is 18.3 Å². The van der Waals surface area contributed by atoms with E-state index in [4.69, 9.17) is 4.74 Å². The van der Waals surface area contributed by atoms with E-state index in [2.05, 4.69) is 4.98 Å². The molecule has 2 aromatic rings. The number of rotatable bonds is 6. The molecule has 5 nitrogen and oxygen atoms in total. The van der Waals surface area contributed by atoms with E-state index in [9.17, 15) is 9.90 Å². The Morgan fingerprint density at radius 3 is 2.67 bits per heavy atom. The average molecular weight is 328 g/mol. The van der Waals surface area contributed by atoms with Crippen molar-refractivity contribution < 1.29 is 14.6 Å². The molecule has 3 rings (SSSR count). The van der Waals surface area contributed by atoms with E-state index < -0.39 is 11.6 Å². The Bertz CT molecular complexity index is 636. The van der Waals surface area contributed by atoms with E-state index in [1.807, 2.05) is 41.1 Å². The van der Waals surface area contributed by atoms with Crippen LogP contribution in [0.5, 0.6) is 0 Å². The minimum absolute atomic E-state index is 0.0885. The van der Waals surface area contributed by atoms with Gasteiger partial charge in [-0.05, 0) is 18.4 Å². The topological polar surface area (TPSA) is 64.4 Å². The molecule has 1 aliphatic rings. The van der Waals surface area contributed by atoms with Crippen LogP contribution in [0.3, 0.4) is 0 Å². The summed E-state index contributed by atoms with van der Waals surface area (Å²) >= 11 is 0. The van der Waals surface area contributed by atoms with Crippen LogP contribution in [-0.4, -0.2) is 27.2 Å². The van der Waals surface area contributed by atoms with Crippen LogP contribution in [0.1, 0.15) is 37.7 Å². The second kappa shape index (κ2) is 7.62. The number of carbonyl (C=O) groups is 1. The van der Waals surface area contributed by atoms with Crippen molar-refractivity contribution in [2.45, 2.75) is 44.2 Å². The molecule has 24 heavy (non-hydrogen) atoms. The number of hydrogen-bond donors (Lipinski definition) is 1. The van der Waals surface area contributed by atoms with Crippen LogP contribution >= 0.6 is 0 Å². The van der Waals surface area contributed by atoms with Crippen molar-refractivity contribution in [2.75, 3.05) is 6.61 Å². The predicted octanol–water partition coefficient (Wildman–Crippen LogP) is 2.89. The smallest absolute Gasteiger partial charge is 0.343 e. The van der Waals surface area contributed by atoms with Gasteiger partial charge in [-0.15, -0.1) is 0 Å². The normalized spacial score (nSPS) is 18.0. The van der Waals surface area contributed by atoms with Crippen LogP contribution in [0.4, 0.5) is 0 Å². The zero-order valence-electron chi connectivity index (χ0n) is 13.8. The molecule has 5 heteroatoms. The molecule has 0 amide bonds. The van der Waals surface area contributed by atoms with Gasteiger partial charge in [-0.3, -0.25) is 0 Å². The van der Waals surface area contributed by atoms with E-state index in [0.717, 1.165) is 32.1 Å². The largest absolute Gasteiger partial charge is 0.461 e. The number of carbonyl (C=O) groups excluding carboxylic acids is 1. The van der Waals surface area contributed by atoms with Gasteiger partial charge in [0.15, 0.2) is 5.60 Å². The number of esters is 1. The summed E-state index contributed by atoms with van der Waals surface area (Å²) in [5.74, 6) is -0.630. The zero-order chi connectivity index (χ0) is 16.8. The summed E-state index contributed by atoms with van der Waals surface area (Å²) in [5, 5.41) is 11.3. The molecule has 0 radical (unpaired) electrons. The molecule has 1 aromatic heterocycles. The minimum Gasteiger partial charge on any atom is -0.461 e. The first-order valence-electron chi connectivity index (χ1n) is 8.62. The summed E-state index contributed by atoms with van der Waals surface area (Å²) in [6.45, 7) is 0.748. The second-order valence-corrected chi connectivity index (χ2v) is 6.40. The lowest BCUT2D eigenvalue weighted by Gasteiger charge is -2.36. The van der Waals surface area contributed by atoms with Gasteiger partial charge < -0.3 is 14.4 Å². The number of ether oxygens (including phenoxy) is 1. The average Bonchev–Trinajstić information content (AvgIpc) is 3.16. The van der Waals surface area contributed by atoms with Gasteiger partial charge >= 0.3 is 5.97 Å². The standard InChI is InChI=1S/C19H24N2O3/c22-18(24-14-13-21-12-11-20-15-21)19(23,16-7-3-1-4-8-16)17-9-5-2-6-10-17/h1,3-4,7-8,11-12,15,17,23H,2,5-6,9-10,13-14H2. The number of nitrogens with zero attached hydrogens (tertiary/aromatic N) is 2. The SMILES string of the molecule is O=C(OCCn1ccnc1)C(O)(c1ccccc1)C1CCCCC1. The number of aliphatic hydroxyl groups is 1. The first kappa shape index (κ1) is 16.7. The van der Waals surface area contributed by atoms with Crippen LogP contribution in [-0.2, 0) is 21.7 Å². The Kier molecular flexibility index (Phi) is 5.30. The molecule has 1 fully saturated rings. The molecular formula is C19H24N2O3. The number of aromatic nitrogens is 2. The highest BCUT2D eigenvalue weighted by Crippen LogP contribution is 2.40. The molecule has 0 aliphatic heterocycles. The van der Waals surface area contributed by atoms with Crippen LogP contribution in [0.25, 0.3) is 0 Å². The van der Waals surface area contributed by atoms with Gasteiger partial charge in [-0.2, -0.15) is 0 Å². The third-order valence-electron chi connectivity index (χ3n) is 4.86. The van der Waals surface area contributed by atoms with E-state index >= 15 is 0 Å². The summed E-state index contributed by atoms with van der Waals surface area (Å²) in [4.78, 5) is 16.8. The molecule has 1 unspecified atom stereocenters. The van der Waals surface area contributed by atoms with Crippen molar-refractivity contribution >= 4 is 5.97 Å². The van der Waals surface area contributed by atoms with Crippen molar-refractivity contribution in [1.82, 2.24) is 9.55 Å². The van der Waals surface area contributed by atoms with Crippen molar-refractivity contribution in [2.24, 2.45) is 5.92 Å². The Balaban J connectivity index is 1.74. The van der Waals surface area contributed by atoms with E-state index in [-0.39, 0.29) is 12.5 Å². The zero-order valence-corrected chi connectivity index (χ0v) is 13.8. The van der Waals surface area contributed by atoms with Crippen molar-refractivity contribution in [3.05, 3.63) is 54.6 Å². The molecule has 1 N–H and O–H groups in total. The Hall–Kier alpha value is -2.14. The summed E-state index contributed by atoms with van der Waals surface area (Å²) in [7, 11) is 0. The fourth-order valence-electron chi connectivity index (χ4n) is 3.51. The van der Waals surface area contributed by atoms with E-state index in [0.29, 0.717) is 12.1 Å². The van der Waals surface area contributed by atoms with Gasteiger partial charge in [-0.1, -0.05) is 49.6 Å². The van der Waals surface area contributed by atoms with Crippen molar-refractivity contribution in [3.63, 3.8) is 0 Å². The van der Waals surface area contributed by atoms with Gasteiger partial charge in [0.1, 0.15) is 6.61 Å². The van der Waals surface area contributed by atoms with Gasteiger partial charge in [0.05, 0.1) is 12.9 Å². The fraction of sp³-hybridized carbons (Fsp3) is 0.474. The maximum Gasteiger partial charge on any atom is 0.343 e. The Morgan fingerprint density at radius 1 is 1.25 bits per heavy atom. The van der Waals surface area contributed by atoms with Crippen LogP contribution in [0.15, 0.2) is 49.1 Å². The summed E-state index contributed by atoms with van der Waals surface area (Å²) < 4.78 is 7.29. The fourth-order valence-corrected chi connectivity index (χ4v) is 3.51. The molecule has 1 saturated carbocycles. The quantitative estimate of drug-likeness (QED) is 0.828. The summed E-state index contributed by atoms with van der Waals surface area (Å²) in [6, 6.07) is 9.20. The molecule has 0 bridgehead atoms. The number of hydrogen-bond acceptors (Lipinski definition) is 4. The van der Waals surface area contributed by atoms with Crippen LogP contribution in [0.2, 0.25) is 0 Å². The van der Waals surface area contributed by atoms with Crippen molar-refractivity contribution in [3.8, 4) is 0 Å². The monoisotopic (exact) mass is 328 g/mol. The summed E-state index contributed by atoms with van der Waals surface area (Å²) in [6.07, 6.45) is 10.1. The van der Waals surface area contributed by atoms with Crippen molar-refractivity contribution in [1.29, 1.82) is 0 Å². The lowest BCUT2D eigenvalue weighted by Crippen LogP contribution is -2.45. The highest BCUT2D eigenvalue weighted by molar-refractivity contribution is 5.81. The number of imidazole rings is 1. The first-order valence-corrected chi connectivity index (χ1v) is 8.62. The van der Waals surface area contributed by atoms with Gasteiger partial charge in [-0.25, -0.2) is 9.78 Å².